The molecule has 0 aromatic heterocycles. The summed E-state index contributed by atoms with van der Waals surface area (Å²) < 4.78 is 18.6. The molecular weight excluding hydrogens is 195 g/mol. The van der Waals surface area contributed by atoms with Gasteiger partial charge in [-0.15, -0.1) is 0 Å². The van der Waals surface area contributed by atoms with Crippen LogP contribution in [-0.4, -0.2) is 11.6 Å². The predicted octanol–water partition coefficient (Wildman–Crippen LogP) is 3.09. The normalized spacial score (nSPS) is 11.3. The van der Waals surface area contributed by atoms with Gasteiger partial charge in [-0.1, -0.05) is 12.1 Å². The van der Waals surface area contributed by atoms with Crippen LogP contribution in [0, 0.1) is 12.7 Å². The summed E-state index contributed by atoms with van der Waals surface area (Å²) in [7, 11) is 0. The van der Waals surface area contributed by atoms with Gasteiger partial charge in [-0.25, -0.2) is 9.18 Å². The lowest BCUT2D eigenvalue weighted by atomic mass is 10.1. The van der Waals surface area contributed by atoms with Crippen LogP contribution in [0.5, 0.6) is 0 Å². The van der Waals surface area contributed by atoms with Gasteiger partial charge in [0.25, 0.3) is 0 Å². The van der Waals surface area contributed by atoms with Crippen LogP contribution < -0.4 is 0 Å². The van der Waals surface area contributed by atoms with Crippen LogP contribution in [0.15, 0.2) is 18.2 Å². The first-order valence-corrected chi connectivity index (χ1v) is 4.80. The monoisotopic (exact) mass is 210 g/mol. The molecule has 0 aliphatic heterocycles. The van der Waals surface area contributed by atoms with Crippen molar-refractivity contribution in [3.05, 3.63) is 35.1 Å². The molecule has 0 unspecified atom stereocenters. The number of esters is 1. The van der Waals surface area contributed by atoms with Crippen molar-refractivity contribution in [2.24, 2.45) is 0 Å². The van der Waals surface area contributed by atoms with Gasteiger partial charge in [0.1, 0.15) is 11.4 Å². The molecule has 1 aromatic carbocycles. The zero-order valence-electron chi connectivity index (χ0n) is 9.43. The first-order chi connectivity index (χ1) is 6.81. The van der Waals surface area contributed by atoms with Gasteiger partial charge in [0.2, 0.25) is 0 Å². The van der Waals surface area contributed by atoms with Crippen LogP contribution in [0.25, 0.3) is 0 Å². The Morgan fingerprint density at radius 2 is 1.93 bits per heavy atom. The first-order valence-electron chi connectivity index (χ1n) is 4.80. The number of aryl methyl sites for hydroxylation is 1. The van der Waals surface area contributed by atoms with Gasteiger partial charge in [-0.2, -0.15) is 0 Å². The van der Waals surface area contributed by atoms with E-state index in [1.807, 2.05) is 0 Å². The molecule has 0 radical (unpaired) electrons. The van der Waals surface area contributed by atoms with Crippen molar-refractivity contribution < 1.29 is 13.9 Å². The first kappa shape index (κ1) is 11.7. The van der Waals surface area contributed by atoms with E-state index in [4.69, 9.17) is 4.74 Å². The molecule has 0 bridgehead atoms. The number of carbonyl (C=O) groups is 1. The van der Waals surface area contributed by atoms with Gasteiger partial charge in [0.05, 0.1) is 5.56 Å². The van der Waals surface area contributed by atoms with E-state index in [1.54, 1.807) is 39.8 Å². The quantitative estimate of drug-likeness (QED) is 0.666. The summed E-state index contributed by atoms with van der Waals surface area (Å²) in [5.74, 6) is -1.13. The summed E-state index contributed by atoms with van der Waals surface area (Å²) in [4.78, 5) is 11.6. The minimum Gasteiger partial charge on any atom is -0.456 e. The molecule has 82 valence electrons. The second-order valence-corrected chi connectivity index (χ2v) is 4.44. The standard InChI is InChI=1S/C12H15FO2/c1-8-6-5-7-9(10(8)13)11(14)15-12(2,3)4/h5-7H,1-4H3. The maximum atomic E-state index is 13.5. The second kappa shape index (κ2) is 4.01. The summed E-state index contributed by atoms with van der Waals surface area (Å²) in [5, 5.41) is 0. The molecule has 0 saturated carbocycles. The molecule has 0 atom stereocenters. The maximum absolute atomic E-state index is 13.5. The highest BCUT2D eigenvalue weighted by atomic mass is 19.1. The summed E-state index contributed by atoms with van der Waals surface area (Å²) in [6.45, 7) is 6.86. The Bertz CT molecular complexity index is 378. The minimum atomic E-state index is -0.622. The molecule has 0 aliphatic carbocycles. The molecule has 0 N–H and O–H groups in total. The summed E-state index contributed by atoms with van der Waals surface area (Å²) in [5.41, 5.74) is -0.170. The van der Waals surface area contributed by atoms with Crippen molar-refractivity contribution in [2.45, 2.75) is 33.3 Å². The van der Waals surface area contributed by atoms with E-state index >= 15 is 0 Å². The Balaban J connectivity index is 2.97. The number of hydrogen-bond donors (Lipinski definition) is 0. The molecule has 1 rings (SSSR count). The number of carbonyl (C=O) groups excluding carboxylic acids is 1. The molecule has 0 aliphatic rings. The van der Waals surface area contributed by atoms with Crippen molar-refractivity contribution in [3.63, 3.8) is 0 Å². The van der Waals surface area contributed by atoms with E-state index in [-0.39, 0.29) is 5.56 Å². The highest BCUT2D eigenvalue weighted by Crippen LogP contribution is 2.16. The third kappa shape index (κ3) is 3.05. The van der Waals surface area contributed by atoms with Gasteiger partial charge in [-0.3, -0.25) is 0 Å². The largest absolute Gasteiger partial charge is 0.456 e. The summed E-state index contributed by atoms with van der Waals surface area (Å²) >= 11 is 0. The zero-order valence-corrected chi connectivity index (χ0v) is 9.43. The SMILES string of the molecule is Cc1cccc(C(=O)OC(C)(C)C)c1F. The highest BCUT2D eigenvalue weighted by molar-refractivity contribution is 5.90. The van der Waals surface area contributed by atoms with Gasteiger partial charge >= 0.3 is 5.97 Å². The predicted molar refractivity (Wildman–Crippen MR) is 56.3 cm³/mol. The Morgan fingerprint density at radius 3 is 2.47 bits per heavy atom. The van der Waals surface area contributed by atoms with Gasteiger partial charge in [-0.05, 0) is 39.3 Å². The smallest absolute Gasteiger partial charge is 0.341 e. The van der Waals surface area contributed by atoms with Crippen molar-refractivity contribution >= 4 is 5.97 Å². The Labute approximate surface area is 89.1 Å². The third-order valence-electron chi connectivity index (χ3n) is 1.81. The van der Waals surface area contributed by atoms with Crippen LogP contribution in [0.3, 0.4) is 0 Å². The lowest BCUT2D eigenvalue weighted by Crippen LogP contribution is -2.24. The average molecular weight is 210 g/mol. The van der Waals surface area contributed by atoms with E-state index in [9.17, 15) is 9.18 Å². The number of hydrogen-bond acceptors (Lipinski definition) is 2. The fourth-order valence-corrected chi connectivity index (χ4v) is 1.14. The Morgan fingerprint density at radius 1 is 1.33 bits per heavy atom. The van der Waals surface area contributed by atoms with E-state index < -0.39 is 17.4 Å². The van der Waals surface area contributed by atoms with Crippen LogP contribution in [0.4, 0.5) is 4.39 Å². The van der Waals surface area contributed by atoms with Gasteiger partial charge < -0.3 is 4.74 Å². The highest BCUT2D eigenvalue weighted by Gasteiger charge is 2.20. The van der Waals surface area contributed by atoms with Crippen molar-refractivity contribution in [3.8, 4) is 0 Å². The topological polar surface area (TPSA) is 26.3 Å². The van der Waals surface area contributed by atoms with Gasteiger partial charge in [0, 0.05) is 0 Å². The van der Waals surface area contributed by atoms with E-state index in [2.05, 4.69) is 0 Å². The molecule has 0 fully saturated rings. The Hall–Kier alpha value is -1.38. The molecule has 15 heavy (non-hydrogen) atoms. The van der Waals surface area contributed by atoms with Crippen LogP contribution >= 0.6 is 0 Å². The van der Waals surface area contributed by atoms with E-state index in [0.717, 1.165) is 0 Å². The molecule has 1 aromatic rings. The molecule has 2 nitrogen and oxygen atoms in total. The third-order valence-corrected chi connectivity index (χ3v) is 1.81. The fourth-order valence-electron chi connectivity index (χ4n) is 1.14. The molecule has 0 heterocycles. The second-order valence-electron chi connectivity index (χ2n) is 4.44. The number of benzene rings is 1. The summed E-state index contributed by atoms with van der Waals surface area (Å²) in [6.07, 6.45) is 0. The van der Waals surface area contributed by atoms with Crippen molar-refractivity contribution in [1.82, 2.24) is 0 Å². The summed E-state index contributed by atoms with van der Waals surface area (Å²) in [6, 6.07) is 4.68. The molecular formula is C12H15FO2. The molecule has 0 saturated heterocycles. The van der Waals surface area contributed by atoms with E-state index in [1.165, 1.54) is 6.07 Å². The zero-order chi connectivity index (χ0) is 11.6. The van der Waals surface area contributed by atoms with E-state index in [0.29, 0.717) is 5.56 Å². The van der Waals surface area contributed by atoms with Crippen LogP contribution in [0.2, 0.25) is 0 Å². The van der Waals surface area contributed by atoms with Gasteiger partial charge in [0.15, 0.2) is 0 Å². The number of ether oxygens (including phenoxy) is 1. The van der Waals surface area contributed by atoms with Crippen LogP contribution in [-0.2, 0) is 4.74 Å². The lowest BCUT2D eigenvalue weighted by molar-refractivity contribution is 0.00645. The Kier molecular flexibility index (Phi) is 3.12. The average Bonchev–Trinajstić information content (AvgIpc) is 2.06. The molecule has 0 spiro atoms. The number of halogens is 1. The van der Waals surface area contributed by atoms with Crippen molar-refractivity contribution in [1.29, 1.82) is 0 Å². The minimum absolute atomic E-state index is 0.00933. The maximum Gasteiger partial charge on any atom is 0.341 e. The lowest BCUT2D eigenvalue weighted by Gasteiger charge is -2.19. The number of rotatable bonds is 1. The fraction of sp³-hybridized carbons (Fsp3) is 0.417. The molecule has 3 heteroatoms. The van der Waals surface area contributed by atoms with Crippen LogP contribution in [0.1, 0.15) is 36.7 Å². The van der Waals surface area contributed by atoms with Crippen molar-refractivity contribution in [2.75, 3.05) is 0 Å². The molecule has 0 amide bonds.